The Morgan fingerprint density at radius 3 is 2.68 bits per heavy atom. The van der Waals surface area contributed by atoms with Gasteiger partial charge in [0.2, 0.25) is 5.91 Å². The van der Waals surface area contributed by atoms with Crippen LogP contribution >= 0.6 is 0 Å². The first kappa shape index (κ1) is 23.0. The molecule has 10 nitrogen and oxygen atoms in total. The number of hydrogen-bond acceptors (Lipinski definition) is 6. The Morgan fingerprint density at radius 1 is 1.18 bits per heavy atom. The van der Waals surface area contributed by atoms with Gasteiger partial charge in [-0.3, -0.25) is 24.2 Å². The maximum absolute atomic E-state index is 12.4. The molecule has 1 amide bonds. The number of non-ortho nitro benzene ring substituents is 1. The number of aromatic nitrogens is 3. The van der Waals surface area contributed by atoms with Crippen molar-refractivity contribution in [2.24, 2.45) is 0 Å². The molecule has 10 heteroatoms. The van der Waals surface area contributed by atoms with Gasteiger partial charge in [-0.05, 0) is 31.9 Å². The Morgan fingerprint density at radius 2 is 1.94 bits per heavy atom. The van der Waals surface area contributed by atoms with Crippen LogP contribution in [0, 0.1) is 24.0 Å². The van der Waals surface area contributed by atoms with Crippen LogP contribution in [-0.2, 0) is 24.4 Å². The highest BCUT2D eigenvalue weighted by molar-refractivity contribution is 5.76. The maximum Gasteiger partial charge on any atom is 0.419 e. The monoisotopic (exact) mass is 463 g/mol. The largest absolute Gasteiger partial charge is 0.419 e. The van der Waals surface area contributed by atoms with Crippen LogP contribution < -0.4 is 11.1 Å². The summed E-state index contributed by atoms with van der Waals surface area (Å²) < 4.78 is 8.44. The fourth-order valence-electron chi connectivity index (χ4n) is 3.95. The lowest BCUT2D eigenvalue weighted by Crippen LogP contribution is -2.24. The number of benzene rings is 2. The molecule has 0 aliphatic heterocycles. The zero-order chi connectivity index (χ0) is 24.2. The Hall–Kier alpha value is -4.21. The zero-order valence-corrected chi connectivity index (χ0v) is 19.0. The van der Waals surface area contributed by atoms with Crippen LogP contribution in [-0.4, -0.2) is 25.2 Å². The van der Waals surface area contributed by atoms with E-state index in [4.69, 9.17) is 4.42 Å². The van der Waals surface area contributed by atoms with E-state index in [1.807, 2.05) is 48.9 Å². The first-order chi connectivity index (χ1) is 16.3. The third-order valence-corrected chi connectivity index (χ3v) is 5.82. The summed E-state index contributed by atoms with van der Waals surface area (Å²) >= 11 is 0. The molecule has 0 atom stereocenters. The van der Waals surface area contributed by atoms with Crippen LogP contribution in [0.25, 0.3) is 11.1 Å². The molecule has 0 spiro atoms. The van der Waals surface area contributed by atoms with Gasteiger partial charge in [-0.15, -0.1) is 0 Å². The lowest BCUT2D eigenvalue weighted by atomic mass is 10.2. The molecule has 4 aromatic rings. The van der Waals surface area contributed by atoms with Crippen LogP contribution in [0.3, 0.4) is 0 Å². The topological polar surface area (TPSA) is 125 Å². The molecule has 0 saturated carbocycles. The van der Waals surface area contributed by atoms with Crippen molar-refractivity contribution in [1.82, 2.24) is 19.7 Å². The number of carbonyl (C=O) groups is 1. The fourth-order valence-corrected chi connectivity index (χ4v) is 3.95. The molecule has 0 radical (unpaired) electrons. The highest BCUT2D eigenvalue weighted by atomic mass is 16.6. The molecule has 0 aliphatic rings. The first-order valence-electron chi connectivity index (χ1n) is 10.9. The smallest absolute Gasteiger partial charge is 0.407 e. The highest BCUT2D eigenvalue weighted by Crippen LogP contribution is 2.20. The summed E-state index contributed by atoms with van der Waals surface area (Å²) in [6.07, 6.45) is 0.644. The van der Waals surface area contributed by atoms with E-state index < -0.39 is 10.7 Å². The molecule has 0 saturated heterocycles. The van der Waals surface area contributed by atoms with Gasteiger partial charge >= 0.3 is 5.76 Å². The molecular weight excluding hydrogens is 438 g/mol. The number of nitrogens with zero attached hydrogens (tertiary/aromatic N) is 4. The minimum Gasteiger partial charge on any atom is -0.407 e. The van der Waals surface area contributed by atoms with E-state index in [1.165, 1.54) is 22.8 Å². The predicted octanol–water partition coefficient (Wildman–Crippen LogP) is 3.46. The summed E-state index contributed by atoms with van der Waals surface area (Å²) in [7, 11) is 0. The van der Waals surface area contributed by atoms with Gasteiger partial charge in [0.25, 0.3) is 5.69 Å². The molecule has 34 heavy (non-hydrogen) atoms. The number of nitro groups is 1. The minimum absolute atomic E-state index is 0.133. The number of amides is 1. The summed E-state index contributed by atoms with van der Waals surface area (Å²) in [6.45, 7) is 5.23. The second kappa shape index (κ2) is 9.74. The van der Waals surface area contributed by atoms with Crippen LogP contribution in [0.2, 0.25) is 0 Å². The normalized spacial score (nSPS) is 11.1. The summed E-state index contributed by atoms with van der Waals surface area (Å²) in [5.41, 5.74) is 4.50. The number of fused-ring (bicyclic) bond motifs is 1. The van der Waals surface area contributed by atoms with E-state index in [0.717, 1.165) is 22.5 Å². The maximum atomic E-state index is 12.4. The Balaban J connectivity index is 1.33. The summed E-state index contributed by atoms with van der Waals surface area (Å²) in [5, 5.41) is 18.4. The van der Waals surface area contributed by atoms with Crippen molar-refractivity contribution < 1.29 is 14.1 Å². The van der Waals surface area contributed by atoms with E-state index in [1.54, 1.807) is 0 Å². The molecule has 2 aromatic carbocycles. The third-order valence-electron chi connectivity index (χ3n) is 5.82. The summed E-state index contributed by atoms with van der Waals surface area (Å²) in [6, 6.07) is 14.1. The molecule has 2 heterocycles. The standard InChI is InChI=1S/C24H25N5O5/c1-16-20(17(2)28(26-16)15-18-7-4-3-5-8-18)14-25-23(30)9-6-12-27-21-11-10-19(29(32)33)13-22(21)34-24(27)31/h3-5,7-8,10-11,13H,6,9,12,14-15H2,1-2H3,(H,25,30). The van der Waals surface area contributed by atoms with E-state index in [2.05, 4.69) is 10.4 Å². The molecule has 4 rings (SSSR count). The number of carbonyl (C=O) groups excluding carboxylic acids is 1. The van der Waals surface area contributed by atoms with Crippen LogP contribution in [0.5, 0.6) is 0 Å². The average Bonchev–Trinajstić information content (AvgIpc) is 3.27. The molecule has 0 unspecified atom stereocenters. The van der Waals surface area contributed by atoms with Crippen molar-refractivity contribution in [1.29, 1.82) is 0 Å². The van der Waals surface area contributed by atoms with E-state index in [-0.39, 0.29) is 30.1 Å². The number of nitro benzene ring substituents is 1. The summed E-state index contributed by atoms with van der Waals surface area (Å²) in [5.74, 6) is -0.737. The van der Waals surface area contributed by atoms with Gasteiger partial charge in [-0.2, -0.15) is 5.10 Å². The number of hydrogen-bond donors (Lipinski definition) is 1. The lowest BCUT2D eigenvalue weighted by molar-refractivity contribution is -0.384. The number of rotatable bonds is 9. The van der Waals surface area contributed by atoms with Crippen molar-refractivity contribution in [3.8, 4) is 0 Å². The quantitative estimate of drug-likeness (QED) is 0.299. The number of nitrogens with one attached hydrogen (secondary N) is 1. The van der Waals surface area contributed by atoms with Gasteiger partial charge < -0.3 is 9.73 Å². The van der Waals surface area contributed by atoms with Crippen molar-refractivity contribution in [2.45, 2.75) is 46.3 Å². The van der Waals surface area contributed by atoms with Crippen molar-refractivity contribution in [3.05, 3.63) is 91.7 Å². The van der Waals surface area contributed by atoms with Gasteiger partial charge in [-0.25, -0.2) is 4.79 Å². The second-order valence-electron chi connectivity index (χ2n) is 8.10. The number of aryl methyl sites for hydroxylation is 2. The van der Waals surface area contributed by atoms with Gasteiger partial charge in [0.1, 0.15) is 0 Å². The van der Waals surface area contributed by atoms with Crippen molar-refractivity contribution in [2.75, 3.05) is 0 Å². The SMILES string of the molecule is Cc1nn(Cc2ccccc2)c(C)c1CNC(=O)CCCn1c(=O)oc2cc([N+](=O)[O-])ccc21. The van der Waals surface area contributed by atoms with Crippen molar-refractivity contribution in [3.63, 3.8) is 0 Å². The molecule has 0 aliphatic carbocycles. The van der Waals surface area contributed by atoms with E-state index in [9.17, 15) is 19.7 Å². The predicted molar refractivity (Wildman–Crippen MR) is 125 cm³/mol. The van der Waals surface area contributed by atoms with Crippen molar-refractivity contribution >= 4 is 22.7 Å². The Kier molecular flexibility index (Phi) is 6.58. The Labute approximate surface area is 195 Å². The number of oxazole rings is 1. The Bertz CT molecular complexity index is 1400. The van der Waals surface area contributed by atoms with Crippen LogP contribution in [0.15, 0.2) is 57.7 Å². The van der Waals surface area contributed by atoms with Crippen LogP contribution in [0.1, 0.15) is 35.4 Å². The van der Waals surface area contributed by atoms with Gasteiger partial charge in [0.15, 0.2) is 5.58 Å². The molecule has 1 N–H and O–H groups in total. The highest BCUT2D eigenvalue weighted by Gasteiger charge is 2.15. The summed E-state index contributed by atoms with van der Waals surface area (Å²) in [4.78, 5) is 34.9. The molecule has 0 bridgehead atoms. The van der Waals surface area contributed by atoms with Crippen LogP contribution in [0.4, 0.5) is 5.69 Å². The van der Waals surface area contributed by atoms with E-state index in [0.29, 0.717) is 25.0 Å². The molecule has 2 aromatic heterocycles. The van der Waals surface area contributed by atoms with Gasteiger partial charge in [0, 0.05) is 36.8 Å². The van der Waals surface area contributed by atoms with Gasteiger partial charge in [0.05, 0.1) is 28.7 Å². The second-order valence-corrected chi connectivity index (χ2v) is 8.10. The minimum atomic E-state index is -0.604. The zero-order valence-electron chi connectivity index (χ0n) is 19.0. The average molecular weight is 463 g/mol. The molecule has 0 fully saturated rings. The molecular formula is C24H25N5O5. The van der Waals surface area contributed by atoms with Gasteiger partial charge in [-0.1, -0.05) is 30.3 Å². The fraction of sp³-hybridized carbons (Fsp3) is 0.292. The first-order valence-corrected chi connectivity index (χ1v) is 10.9. The third kappa shape index (κ3) is 4.90. The van der Waals surface area contributed by atoms with E-state index >= 15 is 0 Å². The lowest BCUT2D eigenvalue weighted by Gasteiger charge is -2.08. The molecule has 176 valence electrons.